The molecule has 0 heterocycles. The summed E-state index contributed by atoms with van der Waals surface area (Å²) in [5.74, 6) is 0. The second kappa shape index (κ2) is 6.97. The molecule has 0 unspecified atom stereocenters. The van der Waals surface area contributed by atoms with Crippen LogP contribution >= 0.6 is 0 Å². The Morgan fingerprint density at radius 3 is 2.17 bits per heavy atom. The monoisotopic (exact) mass is 239 g/mol. The van der Waals surface area contributed by atoms with Crippen molar-refractivity contribution < 1.29 is 0 Å². The first-order valence-corrected chi connectivity index (χ1v) is 6.75. The van der Waals surface area contributed by atoms with Gasteiger partial charge >= 0.3 is 0 Å². The van der Waals surface area contributed by atoms with Crippen molar-refractivity contribution in [3.05, 3.63) is 60.2 Å². The fourth-order valence-corrected chi connectivity index (χ4v) is 2.09. The summed E-state index contributed by atoms with van der Waals surface area (Å²) in [5.41, 5.74) is 4.01. The van der Waals surface area contributed by atoms with Gasteiger partial charge in [-0.3, -0.25) is 0 Å². The quantitative estimate of drug-likeness (QED) is 0.754. The fourth-order valence-electron chi connectivity index (χ4n) is 2.09. The second-order valence-corrected chi connectivity index (χ2v) is 4.52. The van der Waals surface area contributed by atoms with Gasteiger partial charge in [0.25, 0.3) is 0 Å². The molecule has 0 fully saturated rings. The van der Waals surface area contributed by atoms with Gasteiger partial charge < -0.3 is 5.32 Å². The van der Waals surface area contributed by atoms with Gasteiger partial charge in [-0.1, -0.05) is 61.5 Å². The van der Waals surface area contributed by atoms with Gasteiger partial charge in [0.2, 0.25) is 0 Å². The molecule has 2 rings (SSSR count). The number of aryl methyl sites for hydroxylation is 1. The molecule has 0 aromatic heterocycles. The van der Waals surface area contributed by atoms with Crippen molar-refractivity contribution in [2.24, 2.45) is 0 Å². The van der Waals surface area contributed by atoms with Crippen molar-refractivity contribution in [2.75, 3.05) is 13.1 Å². The van der Waals surface area contributed by atoms with Gasteiger partial charge in [0.1, 0.15) is 0 Å². The van der Waals surface area contributed by atoms with Crippen LogP contribution in [-0.4, -0.2) is 13.1 Å². The van der Waals surface area contributed by atoms with E-state index in [1.807, 2.05) is 0 Å². The third kappa shape index (κ3) is 3.71. The predicted molar refractivity (Wildman–Crippen MR) is 78.7 cm³/mol. The lowest BCUT2D eigenvalue weighted by molar-refractivity contribution is 0.673. The number of hydrogen-bond donors (Lipinski definition) is 1. The zero-order valence-corrected chi connectivity index (χ0v) is 11.0. The lowest BCUT2D eigenvalue weighted by atomic mass is 10.0. The van der Waals surface area contributed by atoms with Gasteiger partial charge in [0.05, 0.1) is 0 Å². The summed E-state index contributed by atoms with van der Waals surface area (Å²) < 4.78 is 0. The number of rotatable bonds is 6. The zero-order valence-electron chi connectivity index (χ0n) is 11.0. The van der Waals surface area contributed by atoms with Crippen LogP contribution in [0.4, 0.5) is 0 Å². The van der Waals surface area contributed by atoms with E-state index >= 15 is 0 Å². The second-order valence-electron chi connectivity index (χ2n) is 4.52. The van der Waals surface area contributed by atoms with E-state index in [4.69, 9.17) is 0 Å². The molecule has 0 spiro atoms. The molecule has 0 saturated carbocycles. The molecule has 1 N–H and O–H groups in total. The zero-order chi connectivity index (χ0) is 12.6. The average Bonchev–Trinajstić information content (AvgIpc) is 2.45. The maximum Gasteiger partial charge on any atom is -0.00459 e. The Labute approximate surface area is 110 Å². The van der Waals surface area contributed by atoms with Crippen LogP contribution < -0.4 is 5.32 Å². The molecule has 0 amide bonds. The molecule has 0 aliphatic carbocycles. The first-order chi connectivity index (χ1) is 8.90. The molecule has 0 aliphatic rings. The van der Waals surface area contributed by atoms with Crippen LogP contribution in [0.1, 0.15) is 18.9 Å². The maximum absolute atomic E-state index is 3.36. The van der Waals surface area contributed by atoms with Crippen LogP contribution in [0, 0.1) is 0 Å². The molecule has 18 heavy (non-hydrogen) atoms. The molecule has 0 atom stereocenters. The van der Waals surface area contributed by atoms with Crippen molar-refractivity contribution in [3.63, 3.8) is 0 Å². The normalized spacial score (nSPS) is 10.5. The predicted octanol–water partition coefficient (Wildman–Crippen LogP) is 3.90. The van der Waals surface area contributed by atoms with Crippen molar-refractivity contribution in [1.82, 2.24) is 5.32 Å². The fraction of sp³-hybridized carbons (Fsp3) is 0.294. The van der Waals surface area contributed by atoms with Gasteiger partial charge in [0, 0.05) is 0 Å². The van der Waals surface area contributed by atoms with Crippen LogP contribution in [0.2, 0.25) is 0 Å². The van der Waals surface area contributed by atoms with E-state index in [0.29, 0.717) is 0 Å². The van der Waals surface area contributed by atoms with Crippen molar-refractivity contribution in [1.29, 1.82) is 0 Å². The summed E-state index contributed by atoms with van der Waals surface area (Å²) in [6.07, 6.45) is 2.36. The third-order valence-electron chi connectivity index (χ3n) is 3.13. The molecule has 1 heteroatoms. The van der Waals surface area contributed by atoms with E-state index in [9.17, 15) is 0 Å². The highest BCUT2D eigenvalue weighted by Crippen LogP contribution is 2.19. The molecule has 0 saturated heterocycles. The Bertz CT molecular complexity index is 445. The molecule has 2 aromatic carbocycles. The van der Waals surface area contributed by atoms with E-state index in [1.54, 1.807) is 0 Å². The lowest BCUT2D eigenvalue weighted by Gasteiger charge is -2.05. The summed E-state index contributed by atoms with van der Waals surface area (Å²) in [6.45, 7) is 4.32. The SMILES string of the molecule is CCNCCCc1ccc(-c2ccccc2)cc1. The van der Waals surface area contributed by atoms with Crippen molar-refractivity contribution >= 4 is 0 Å². The smallest absolute Gasteiger partial charge is 0.00459 e. The number of benzene rings is 2. The van der Waals surface area contributed by atoms with Crippen LogP contribution in [0.15, 0.2) is 54.6 Å². The minimum Gasteiger partial charge on any atom is -0.317 e. The molecule has 0 radical (unpaired) electrons. The Morgan fingerprint density at radius 1 is 0.833 bits per heavy atom. The average molecular weight is 239 g/mol. The summed E-state index contributed by atoms with van der Waals surface area (Å²) in [5, 5.41) is 3.36. The highest BCUT2D eigenvalue weighted by molar-refractivity contribution is 5.63. The van der Waals surface area contributed by atoms with Crippen molar-refractivity contribution in [3.8, 4) is 11.1 Å². The van der Waals surface area contributed by atoms with Crippen LogP contribution in [-0.2, 0) is 6.42 Å². The summed E-state index contributed by atoms with van der Waals surface area (Å²) in [6, 6.07) is 19.5. The first-order valence-electron chi connectivity index (χ1n) is 6.75. The largest absolute Gasteiger partial charge is 0.317 e. The number of hydrogen-bond acceptors (Lipinski definition) is 1. The lowest BCUT2D eigenvalue weighted by Crippen LogP contribution is -2.14. The minimum atomic E-state index is 1.06. The Hall–Kier alpha value is -1.60. The highest BCUT2D eigenvalue weighted by Gasteiger charge is 1.97. The van der Waals surface area contributed by atoms with Gasteiger partial charge in [-0.05, 0) is 42.6 Å². The molecule has 0 bridgehead atoms. The first kappa shape index (κ1) is 12.8. The highest BCUT2D eigenvalue weighted by atomic mass is 14.8. The van der Waals surface area contributed by atoms with Gasteiger partial charge in [-0.25, -0.2) is 0 Å². The summed E-state index contributed by atoms with van der Waals surface area (Å²) in [7, 11) is 0. The van der Waals surface area contributed by atoms with E-state index in [-0.39, 0.29) is 0 Å². The molecule has 2 aromatic rings. The Kier molecular flexibility index (Phi) is 4.98. The van der Waals surface area contributed by atoms with Gasteiger partial charge in [-0.2, -0.15) is 0 Å². The summed E-state index contributed by atoms with van der Waals surface area (Å²) in [4.78, 5) is 0. The molecule has 1 nitrogen and oxygen atoms in total. The summed E-state index contributed by atoms with van der Waals surface area (Å²) >= 11 is 0. The Balaban J connectivity index is 1.94. The standard InChI is InChI=1S/C17H21N/c1-2-18-14-6-7-15-10-12-17(13-11-15)16-8-4-3-5-9-16/h3-5,8-13,18H,2,6-7,14H2,1H3. The minimum absolute atomic E-state index is 1.06. The van der Waals surface area contributed by atoms with E-state index in [1.165, 1.54) is 23.1 Å². The third-order valence-corrected chi connectivity index (χ3v) is 3.13. The maximum atomic E-state index is 3.36. The van der Waals surface area contributed by atoms with Gasteiger partial charge in [-0.15, -0.1) is 0 Å². The van der Waals surface area contributed by atoms with E-state index < -0.39 is 0 Å². The topological polar surface area (TPSA) is 12.0 Å². The van der Waals surface area contributed by atoms with Crippen molar-refractivity contribution in [2.45, 2.75) is 19.8 Å². The van der Waals surface area contributed by atoms with Crippen LogP contribution in [0.3, 0.4) is 0 Å². The molecule has 0 aliphatic heterocycles. The van der Waals surface area contributed by atoms with E-state index in [2.05, 4.69) is 66.8 Å². The van der Waals surface area contributed by atoms with E-state index in [0.717, 1.165) is 19.5 Å². The van der Waals surface area contributed by atoms with Gasteiger partial charge in [0.15, 0.2) is 0 Å². The van der Waals surface area contributed by atoms with Crippen LogP contribution in [0.25, 0.3) is 11.1 Å². The Morgan fingerprint density at radius 2 is 1.50 bits per heavy atom. The molecular formula is C17H21N. The number of nitrogens with one attached hydrogen (secondary N) is 1. The molecule has 94 valence electrons. The molecular weight excluding hydrogens is 218 g/mol. The van der Waals surface area contributed by atoms with Crippen LogP contribution in [0.5, 0.6) is 0 Å².